The Morgan fingerprint density at radius 3 is 2.56 bits per heavy atom. The van der Waals surface area contributed by atoms with Gasteiger partial charge in [0.2, 0.25) is 0 Å². The van der Waals surface area contributed by atoms with Gasteiger partial charge < -0.3 is 4.90 Å². The van der Waals surface area contributed by atoms with Crippen molar-refractivity contribution in [3.05, 3.63) is 18.0 Å². The molecule has 0 saturated carbocycles. The highest BCUT2D eigenvalue weighted by atomic mass is 32.1. The van der Waals surface area contributed by atoms with Crippen LogP contribution in [0.3, 0.4) is 0 Å². The predicted molar refractivity (Wildman–Crippen MR) is 73.3 cm³/mol. The lowest BCUT2D eigenvalue weighted by molar-refractivity contribution is 0.0967. The first-order chi connectivity index (χ1) is 8.66. The number of aryl methyl sites for hydroxylation is 1. The number of likely N-dealkylation sites (tertiary alicyclic amines) is 1. The summed E-state index contributed by atoms with van der Waals surface area (Å²) in [5.74, 6) is -0.232. The lowest BCUT2D eigenvalue weighted by atomic mass is 10.2. The van der Waals surface area contributed by atoms with Crippen LogP contribution < -0.4 is 5.32 Å². The van der Waals surface area contributed by atoms with Crippen LogP contribution in [0.4, 0.5) is 0 Å². The zero-order valence-corrected chi connectivity index (χ0v) is 11.4. The van der Waals surface area contributed by atoms with E-state index in [-0.39, 0.29) is 5.91 Å². The van der Waals surface area contributed by atoms with E-state index in [1.165, 1.54) is 12.8 Å². The maximum atomic E-state index is 11.9. The molecule has 1 fully saturated rings. The van der Waals surface area contributed by atoms with Crippen LogP contribution in [0.5, 0.6) is 0 Å². The van der Waals surface area contributed by atoms with Crippen LogP contribution in [0.15, 0.2) is 12.3 Å². The Hall–Kier alpha value is -1.43. The minimum absolute atomic E-state index is 0.232. The third kappa shape index (κ3) is 3.29. The molecule has 0 aliphatic carbocycles. The molecule has 1 aliphatic rings. The molecule has 1 saturated heterocycles. The van der Waals surface area contributed by atoms with Crippen LogP contribution in [0.25, 0.3) is 0 Å². The molecule has 0 bridgehead atoms. The van der Waals surface area contributed by atoms with Crippen LogP contribution in [-0.2, 0) is 7.05 Å². The summed E-state index contributed by atoms with van der Waals surface area (Å²) >= 11 is 5.28. The summed E-state index contributed by atoms with van der Waals surface area (Å²) in [6.07, 6.45) is 6.50. The average Bonchev–Trinajstić information content (AvgIpc) is 2.63. The van der Waals surface area contributed by atoms with Crippen LogP contribution in [0.1, 0.15) is 36.2 Å². The Morgan fingerprint density at radius 2 is 2.00 bits per heavy atom. The first kappa shape index (κ1) is 13.0. The Morgan fingerprint density at radius 1 is 1.33 bits per heavy atom. The minimum Gasteiger partial charge on any atom is -0.349 e. The van der Waals surface area contributed by atoms with Crippen molar-refractivity contribution < 1.29 is 4.79 Å². The normalized spacial score (nSPS) is 16.2. The highest BCUT2D eigenvalue weighted by Crippen LogP contribution is 2.09. The Kier molecular flexibility index (Phi) is 4.30. The number of carbonyl (C=O) groups is 1. The SMILES string of the molecule is Cn1ccc(C(=O)NC(=S)N2CCCCCC2)n1. The van der Waals surface area contributed by atoms with Gasteiger partial charge in [-0.15, -0.1) is 0 Å². The quantitative estimate of drug-likeness (QED) is 0.779. The first-order valence-corrected chi connectivity index (χ1v) is 6.67. The van der Waals surface area contributed by atoms with Crippen LogP contribution in [-0.4, -0.2) is 38.8 Å². The molecular formula is C12H18N4OS. The Labute approximate surface area is 112 Å². The van der Waals surface area contributed by atoms with Gasteiger partial charge in [0.1, 0.15) is 0 Å². The van der Waals surface area contributed by atoms with Gasteiger partial charge in [-0.1, -0.05) is 12.8 Å². The monoisotopic (exact) mass is 266 g/mol. The van der Waals surface area contributed by atoms with Crippen molar-refractivity contribution in [1.82, 2.24) is 20.0 Å². The minimum atomic E-state index is -0.232. The molecule has 18 heavy (non-hydrogen) atoms. The maximum absolute atomic E-state index is 11.9. The van der Waals surface area contributed by atoms with Gasteiger partial charge in [0, 0.05) is 26.3 Å². The van der Waals surface area contributed by atoms with Crippen molar-refractivity contribution in [3.8, 4) is 0 Å². The molecule has 6 heteroatoms. The summed E-state index contributed by atoms with van der Waals surface area (Å²) < 4.78 is 1.60. The molecule has 2 heterocycles. The van der Waals surface area contributed by atoms with Crippen LogP contribution in [0, 0.1) is 0 Å². The average molecular weight is 266 g/mol. The smallest absolute Gasteiger partial charge is 0.277 e. The van der Waals surface area contributed by atoms with Crippen molar-refractivity contribution in [2.75, 3.05) is 13.1 Å². The summed E-state index contributed by atoms with van der Waals surface area (Å²) in [6.45, 7) is 1.86. The van der Waals surface area contributed by atoms with E-state index < -0.39 is 0 Å². The van der Waals surface area contributed by atoms with Crippen molar-refractivity contribution in [2.45, 2.75) is 25.7 Å². The number of rotatable bonds is 1. The highest BCUT2D eigenvalue weighted by molar-refractivity contribution is 7.80. The summed E-state index contributed by atoms with van der Waals surface area (Å²) in [5, 5.41) is 7.32. The molecule has 1 aromatic heterocycles. The molecule has 1 amide bonds. The number of nitrogens with zero attached hydrogens (tertiary/aromatic N) is 3. The van der Waals surface area contributed by atoms with E-state index in [4.69, 9.17) is 12.2 Å². The number of nitrogens with one attached hydrogen (secondary N) is 1. The van der Waals surface area contributed by atoms with E-state index in [9.17, 15) is 4.79 Å². The lowest BCUT2D eigenvalue weighted by Crippen LogP contribution is -2.43. The van der Waals surface area contributed by atoms with Crippen LogP contribution >= 0.6 is 12.2 Å². The van der Waals surface area contributed by atoms with Crippen molar-refractivity contribution in [2.24, 2.45) is 7.05 Å². The molecule has 98 valence electrons. The second kappa shape index (κ2) is 5.95. The van der Waals surface area contributed by atoms with Crippen molar-refractivity contribution >= 4 is 23.2 Å². The largest absolute Gasteiger partial charge is 0.349 e. The zero-order chi connectivity index (χ0) is 13.0. The summed E-state index contributed by atoms with van der Waals surface area (Å²) in [6, 6.07) is 1.68. The third-order valence-corrected chi connectivity index (χ3v) is 3.42. The highest BCUT2D eigenvalue weighted by Gasteiger charge is 2.16. The topological polar surface area (TPSA) is 50.2 Å². The van der Waals surface area contributed by atoms with E-state index in [0.29, 0.717) is 10.8 Å². The van der Waals surface area contributed by atoms with Gasteiger partial charge in [0.15, 0.2) is 10.8 Å². The molecule has 0 aromatic carbocycles. The second-order valence-corrected chi connectivity index (χ2v) is 4.92. The molecule has 0 radical (unpaired) electrons. The number of hydrogen-bond donors (Lipinski definition) is 1. The van der Waals surface area contributed by atoms with Gasteiger partial charge >= 0.3 is 0 Å². The molecule has 1 N–H and O–H groups in total. The van der Waals surface area contributed by atoms with E-state index in [0.717, 1.165) is 25.9 Å². The number of carbonyl (C=O) groups excluding carboxylic acids is 1. The fraction of sp³-hybridized carbons (Fsp3) is 0.583. The molecule has 0 atom stereocenters. The molecular weight excluding hydrogens is 248 g/mol. The maximum Gasteiger partial charge on any atom is 0.277 e. The van der Waals surface area contributed by atoms with Gasteiger partial charge in [-0.2, -0.15) is 5.10 Å². The van der Waals surface area contributed by atoms with E-state index in [1.54, 1.807) is 24.0 Å². The van der Waals surface area contributed by atoms with Gasteiger partial charge in [0.05, 0.1) is 0 Å². The molecule has 0 unspecified atom stereocenters. The van der Waals surface area contributed by atoms with Gasteiger partial charge in [0.25, 0.3) is 5.91 Å². The molecule has 1 aromatic rings. The predicted octanol–water partition coefficient (Wildman–Crippen LogP) is 1.31. The summed E-state index contributed by atoms with van der Waals surface area (Å²) in [4.78, 5) is 14.0. The van der Waals surface area contributed by atoms with Gasteiger partial charge in [-0.3, -0.25) is 14.8 Å². The molecule has 0 spiro atoms. The van der Waals surface area contributed by atoms with Crippen molar-refractivity contribution in [1.29, 1.82) is 0 Å². The van der Waals surface area contributed by atoms with Crippen LogP contribution in [0.2, 0.25) is 0 Å². The molecule has 2 rings (SSSR count). The number of amides is 1. The number of aromatic nitrogens is 2. The summed E-state index contributed by atoms with van der Waals surface area (Å²) in [5.41, 5.74) is 0.398. The molecule has 5 nitrogen and oxygen atoms in total. The Bertz CT molecular complexity index is 435. The van der Waals surface area contributed by atoms with E-state index in [2.05, 4.69) is 15.3 Å². The number of thiocarbonyl (C=S) groups is 1. The van der Waals surface area contributed by atoms with Gasteiger partial charge in [-0.25, -0.2) is 0 Å². The third-order valence-electron chi connectivity index (χ3n) is 3.06. The molecule has 1 aliphatic heterocycles. The summed E-state index contributed by atoms with van der Waals surface area (Å²) in [7, 11) is 1.78. The van der Waals surface area contributed by atoms with Crippen molar-refractivity contribution in [3.63, 3.8) is 0 Å². The fourth-order valence-corrected chi connectivity index (χ4v) is 2.33. The van der Waals surface area contributed by atoms with E-state index >= 15 is 0 Å². The fourth-order valence-electron chi connectivity index (χ4n) is 2.05. The Balaban J connectivity index is 1.92. The standard InChI is InChI=1S/C12H18N4OS/c1-15-9-6-10(14-15)11(17)13-12(18)16-7-4-2-3-5-8-16/h6,9H,2-5,7-8H2,1H3,(H,13,17,18). The first-order valence-electron chi connectivity index (χ1n) is 6.27. The van der Waals surface area contributed by atoms with Gasteiger partial charge in [-0.05, 0) is 31.1 Å². The van der Waals surface area contributed by atoms with E-state index in [1.807, 2.05) is 0 Å². The number of hydrogen-bond acceptors (Lipinski definition) is 3. The lowest BCUT2D eigenvalue weighted by Gasteiger charge is -2.22. The zero-order valence-electron chi connectivity index (χ0n) is 10.6. The second-order valence-electron chi connectivity index (χ2n) is 4.54.